The van der Waals surface area contributed by atoms with E-state index in [1.807, 2.05) is 20.0 Å². The van der Waals surface area contributed by atoms with Crippen LogP contribution in [0.4, 0.5) is 0 Å². The van der Waals surface area contributed by atoms with Crippen LogP contribution < -0.4 is 0 Å². The Balaban J connectivity index is 3.07. The SMILES string of the molecule is Cc1ncc(CBr)c(C)n1. The van der Waals surface area contributed by atoms with Gasteiger partial charge < -0.3 is 0 Å². The lowest BCUT2D eigenvalue weighted by Gasteiger charge is -1.99. The van der Waals surface area contributed by atoms with Gasteiger partial charge >= 0.3 is 0 Å². The highest BCUT2D eigenvalue weighted by Gasteiger charge is 1.96. The van der Waals surface area contributed by atoms with E-state index < -0.39 is 0 Å². The van der Waals surface area contributed by atoms with E-state index in [-0.39, 0.29) is 0 Å². The monoisotopic (exact) mass is 200 g/mol. The van der Waals surface area contributed by atoms with Gasteiger partial charge in [0.25, 0.3) is 0 Å². The predicted molar refractivity (Wildman–Crippen MR) is 44.1 cm³/mol. The van der Waals surface area contributed by atoms with Gasteiger partial charge in [-0.2, -0.15) is 0 Å². The van der Waals surface area contributed by atoms with Crippen molar-refractivity contribution in [3.63, 3.8) is 0 Å². The molecule has 0 aliphatic carbocycles. The Hall–Kier alpha value is -0.440. The maximum Gasteiger partial charge on any atom is 0.125 e. The van der Waals surface area contributed by atoms with Gasteiger partial charge in [0.15, 0.2) is 0 Å². The molecule has 0 atom stereocenters. The third-order valence-corrected chi connectivity index (χ3v) is 1.95. The zero-order valence-corrected chi connectivity index (χ0v) is 7.64. The van der Waals surface area contributed by atoms with E-state index in [1.165, 1.54) is 0 Å². The van der Waals surface area contributed by atoms with Gasteiger partial charge in [0.05, 0.1) is 0 Å². The lowest BCUT2D eigenvalue weighted by Crippen LogP contribution is -1.94. The van der Waals surface area contributed by atoms with Crippen molar-refractivity contribution >= 4 is 15.9 Å². The van der Waals surface area contributed by atoms with Crippen molar-refractivity contribution in [3.05, 3.63) is 23.3 Å². The summed E-state index contributed by atoms with van der Waals surface area (Å²) in [5.74, 6) is 0.835. The molecule has 0 aromatic carbocycles. The molecule has 1 rings (SSSR count). The zero-order chi connectivity index (χ0) is 7.56. The van der Waals surface area contributed by atoms with Crippen LogP contribution in [0.25, 0.3) is 0 Å². The Morgan fingerprint density at radius 1 is 1.50 bits per heavy atom. The number of alkyl halides is 1. The Morgan fingerprint density at radius 3 is 2.70 bits per heavy atom. The summed E-state index contributed by atoms with van der Waals surface area (Å²) in [5.41, 5.74) is 2.22. The molecule has 0 fully saturated rings. The topological polar surface area (TPSA) is 25.8 Å². The summed E-state index contributed by atoms with van der Waals surface area (Å²) in [4.78, 5) is 8.27. The van der Waals surface area contributed by atoms with Crippen LogP contribution >= 0.6 is 15.9 Å². The Kier molecular flexibility index (Phi) is 2.38. The molecule has 0 aliphatic heterocycles. The van der Waals surface area contributed by atoms with E-state index >= 15 is 0 Å². The minimum Gasteiger partial charge on any atom is -0.241 e. The van der Waals surface area contributed by atoms with Crippen molar-refractivity contribution in [1.82, 2.24) is 9.97 Å². The molecule has 1 aromatic heterocycles. The molecule has 0 amide bonds. The molecule has 54 valence electrons. The van der Waals surface area contributed by atoms with Crippen molar-refractivity contribution in [2.45, 2.75) is 19.2 Å². The van der Waals surface area contributed by atoms with Crippen LogP contribution in [-0.4, -0.2) is 9.97 Å². The average molecular weight is 201 g/mol. The quantitative estimate of drug-likeness (QED) is 0.649. The molecule has 10 heavy (non-hydrogen) atoms. The van der Waals surface area contributed by atoms with Crippen LogP contribution in [0.2, 0.25) is 0 Å². The number of nitrogens with zero attached hydrogens (tertiary/aromatic N) is 2. The van der Waals surface area contributed by atoms with Crippen LogP contribution in [0.1, 0.15) is 17.1 Å². The van der Waals surface area contributed by atoms with E-state index in [9.17, 15) is 0 Å². The second-order valence-corrected chi connectivity index (χ2v) is 2.72. The van der Waals surface area contributed by atoms with Gasteiger partial charge in [-0.1, -0.05) is 15.9 Å². The second kappa shape index (κ2) is 3.10. The maximum atomic E-state index is 4.20. The molecule has 0 saturated carbocycles. The standard InChI is InChI=1S/C7H9BrN2/c1-5-7(3-8)4-9-6(2)10-5/h4H,3H2,1-2H3. The smallest absolute Gasteiger partial charge is 0.125 e. The summed E-state index contributed by atoms with van der Waals surface area (Å²) in [6.45, 7) is 3.89. The molecule has 1 heterocycles. The summed E-state index contributed by atoms with van der Waals surface area (Å²) in [7, 11) is 0. The van der Waals surface area contributed by atoms with Crippen molar-refractivity contribution in [2.75, 3.05) is 0 Å². The van der Waals surface area contributed by atoms with Gasteiger partial charge in [-0.3, -0.25) is 0 Å². The Labute approximate surface area is 68.8 Å². The number of hydrogen-bond acceptors (Lipinski definition) is 2. The average Bonchev–Trinajstić information content (AvgIpc) is 1.88. The van der Waals surface area contributed by atoms with Gasteiger partial charge in [-0.15, -0.1) is 0 Å². The Morgan fingerprint density at radius 2 is 2.20 bits per heavy atom. The van der Waals surface area contributed by atoms with Gasteiger partial charge in [-0.05, 0) is 13.8 Å². The first-order valence-corrected chi connectivity index (χ1v) is 4.21. The minimum absolute atomic E-state index is 0.832. The second-order valence-electron chi connectivity index (χ2n) is 2.16. The summed E-state index contributed by atoms with van der Waals surface area (Å²) in [6.07, 6.45) is 1.85. The third kappa shape index (κ3) is 1.53. The first-order valence-electron chi connectivity index (χ1n) is 3.09. The lowest BCUT2D eigenvalue weighted by molar-refractivity contribution is 0.983. The largest absolute Gasteiger partial charge is 0.241 e. The van der Waals surface area contributed by atoms with E-state index in [0.717, 1.165) is 22.4 Å². The summed E-state index contributed by atoms with van der Waals surface area (Å²) >= 11 is 3.35. The van der Waals surface area contributed by atoms with E-state index in [0.29, 0.717) is 0 Å². The molecule has 0 aliphatic rings. The summed E-state index contributed by atoms with van der Waals surface area (Å²) < 4.78 is 0. The third-order valence-electron chi connectivity index (χ3n) is 1.35. The van der Waals surface area contributed by atoms with Crippen LogP contribution in [0.15, 0.2) is 6.20 Å². The van der Waals surface area contributed by atoms with Gasteiger partial charge in [0.2, 0.25) is 0 Å². The predicted octanol–water partition coefficient (Wildman–Crippen LogP) is 1.99. The van der Waals surface area contributed by atoms with E-state index in [2.05, 4.69) is 25.9 Å². The van der Waals surface area contributed by atoms with E-state index in [4.69, 9.17) is 0 Å². The van der Waals surface area contributed by atoms with Gasteiger partial charge in [0, 0.05) is 22.8 Å². The van der Waals surface area contributed by atoms with Crippen molar-refractivity contribution in [2.24, 2.45) is 0 Å². The van der Waals surface area contributed by atoms with Crippen LogP contribution in [-0.2, 0) is 5.33 Å². The molecule has 2 nitrogen and oxygen atoms in total. The number of rotatable bonds is 1. The fourth-order valence-electron chi connectivity index (χ4n) is 0.739. The highest BCUT2D eigenvalue weighted by atomic mass is 79.9. The number of halogens is 1. The Bertz CT molecular complexity index is 235. The minimum atomic E-state index is 0.832. The highest BCUT2D eigenvalue weighted by Crippen LogP contribution is 2.07. The molecule has 0 spiro atoms. The van der Waals surface area contributed by atoms with Gasteiger partial charge in [0.1, 0.15) is 5.82 Å². The zero-order valence-electron chi connectivity index (χ0n) is 6.06. The van der Waals surface area contributed by atoms with E-state index in [1.54, 1.807) is 0 Å². The van der Waals surface area contributed by atoms with Crippen molar-refractivity contribution < 1.29 is 0 Å². The molecular weight excluding hydrogens is 192 g/mol. The summed E-state index contributed by atoms with van der Waals surface area (Å²) in [6, 6.07) is 0. The molecule has 0 unspecified atom stereocenters. The van der Waals surface area contributed by atoms with Crippen molar-refractivity contribution in [3.8, 4) is 0 Å². The first-order chi connectivity index (χ1) is 4.74. The molecule has 0 radical (unpaired) electrons. The number of aromatic nitrogens is 2. The van der Waals surface area contributed by atoms with Crippen LogP contribution in [0.5, 0.6) is 0 Å². The molecule has 0 bridgehead atoms. The number of aryl methyl sites for hydroxylation is 2. The number of hydrogen-bond donors (Lipinski definition) is 0. The van der Waals surface area contributed by atoms with Gasteiger partial charge in [-0.25, -0.2) is 9.97 Å². The highest BCUT2D eigenvalue weighted by molar-refractivity contribution is 9.08. The lowest BCUT2D eigenvalue weighted by atomic mass is 10.3. The van der Waals surface area contributed by atoms with Crippen LogP contribution in [0.3, 0.4) is 0 Å². The molecule has 0 saturated heterocycles. The molecule has 1 aromatic rings. The fourth-order valence-corrected chi connectivity index (χ4v) is 1.29. The van der Waals surface area contributed by atoms with Crippen molar-refractivity contribution in [1.29, 1.82) is 0 Å². The first kappa shape index (κ1) is 7.66. The molecule has 0 N–H and O–H groups in total. The summed E-state index contributed by atoms with van der Waals surface area (Å²) in [5, 5.41) is 0.832. The van der Waals surface area contributed by atoms with Crippen LogP contribution in [0, 0.1) is 13.8 Å². The maximum absolute atomic E-state index is 4.20. The fraction of sp³-hybridized carbons (Fsp3) is 0.429. The normalized spacial score (nSPS) is 9.90. The molecule has 3 heteroatoms. The molecular formula is C7H9BrN2.